The molecule has 1 aromatic heterocycles. The van der Waals surface area contributed by atoms with Gasteiger partial charge in [-0.05, 0) is 53.9 Å². The van der Waals surface area contributed by atoms with E-state index in [4.69, 9.17) is 0 Å². The van der Waals surface area contributed by atoms with Gasteiger partial charge in [0.15, 0.2) is 5.16 Å². The highest BCUT2D eigenvalue weighted by atomic mass is 32.2. The van der Waals surface area contributed by atoms with Crippen molar-refractivity contribution in [3.63, 3.8) is 0 Å². The first kappa shape index (κ1) is 20.2. The standard InChI is InChI=1S/C24H21N3O2S2/c1-15-14-16(2)26-24(25-15)30-23-20-13-7-9-17-8-6-12-19(21(17)20)22(23)27-31(28,29)18-10-4-3-5-11-18/h3-14,22-23,27H,1-2H3/t22-,23+/m0/s1. The fraction of sp³-hybridized carbons (Fsp3) is 0.167. The zero-order chi connectivity index (χ0) is 21.6. The molecule has 7 heteroatoms. The van der Waals surface area contributed by atoms with Crippen molar-refractivity contribution in [3.05, 3.63) is 95.3 Å². The van der Waals surface area contributed by atoms with Gasteiger partial charge in [-0.25, -0.2) is 23.1 Å². The van der Waals surface area contributed by atoms with E-state index in [1.54, 1.807) is 30.3 Å². The number of aromatic nitrogens is 2. The molecule has 1 aliphatic carbocycles. The van der Waals surface area contributed by atoms with Gasteiger partial charge in [0.1, 0.15) is 0 Å². The molecule has 156 valence electrons. The Kier molecular flexibility index (Phi) is 5.04. The smallest absolute Gasteiger partial charge is 0.228 e. The fourth-order valence-corrected chi connectivity index (χ4v) is 6.82. The molecule has 0 saturated carbocycles. The summed E-state index contributed by atoms with van der Waals surface area (Å²) in [5.74, 6) is 0. The third-order valence-corrected chi connectivity index (χ3v) is 8.07. The molecule has 5 rings (SSSR count). The van der Waals surface area contributed by atoms with Crippen LogP contribution in [0.2, 0.25) is 0 Å². The van der Waals surface area contributed by atoms with Crippen molar-refractivity contribution in [3.8, 4) is 0 Å². The van der Waals surface area contributed by atoms with Crippen LogP contribution in [0.15, 0.2) is 82.8 Å². The van der Waals surface area contributed by atoms with Gasteiger partial charge in [-0.15, -0.1) is 0 Å². The van der Waals surface area contributed by atoms with E-state index >= 15 is 0 Å². The van der Waals surface area contributed by atoms with Crippen molar-refractivity contribution in [2.45, 2.75) is 35.2 Å². The largest absolute Gasteiger partial charge is 0.241 e. The first-order valence-electron chi connectivity index (χ1n) is 10.0. The van der Waals surface area contributed by atoms with Crippen molar-refractivity contribution in [1.82, 2.24) is 14.7 Å². The predicted molar refractivity (Wildman–Crippen MR) is 124 cm³/mol. The van der Waals surface area contributed by atoms with E-state index in [2.05, 4.69) is 32.9 Å². The van der Waals surface area contributed by atoms with Crippen LogP contribution >= 0.6 is 11.8 Å². The normalized spacial score (nSPS) is 17.9. The number of hydrogen-bond acceptors (Lipinski definition) is 5. The zero-order valence-corrected chi connectivity index (χ0v) is 18.7. The van der Waals surface area contributed by atoms with Gasteiger partial charge >= 0.3 is 0 Å². The van der Waals surface area contributed by atoms with Crippen molar-refractivity contribution in [1.29, 1.82) is 0 Å². The van der Waals surface area contributed by atoms with Crippen molar-refractivity contribution in [2.75, 3.05) is 0 Å². The second-order valence-corrected chi connectivity index (χ2v) is 10.5. The van der Waals surface area contributed by atoms with Crippen LogP contribution in [0.5, 0.6) is 0 Å². The minimum absolute atomic E-state index is 0.180. The number of hydrogen-bond donors (Lipinski definition) is 1. The average molecular weight is 448 g/mol. The lowest BCUT2D eigenvalue weighted by Crippen LogP contribution is -2.30. The van der Waals surface area contributed by atoms with Gasteiger partial charge < -0.3 is 0 Å². The topological polar surface area (TPSA) is 72.0 Å². The monoisotopic (exact) mass is 447 g/mol. The Labute approximate surface area is 186 Å². The summed E-state index contributed by atoms with van der Waals surface area (Å²) in [6.07, 6.45) is 0. The summed E-state index contributed by atoms with van der Waals surface area (Å²) < 4.78 is 29.4. The molecular formula is C24H21N3O2S2. The Morgan fingerprint density at radius 2 is 1.48 bits per heavy atom. The Morgan fingerprint density at radius 1 is 0.839 bits per heavy atom. The second-order valence-electron chi connectivity index (χ2n) is 7.68. The van der Waals surface area contributed by atoms with Crippen LogP contribution in [0.4, 0.5) is 0 Å². The first-order chi connectivity index (χ1) is 14.9. The molecule has 2 atom stereocenters. The number of nitrogens with zero attached hydrogens (tertiary/aromatic N) is 2. The quantitative estimate of drug-likeness (QED) is 0.430. The van der Waals surface area contributed by atoms with E-state index in [-0.39, 0.29) is 10.1 Å². The van der Waals surface area contributed by atoms with Gasteiger partial charge in [0.05, 0.1) is 16.2 Å². The fourth-order valence-electron chi connectivity index (χ4n) is 4.19. The third-order valence-electron chi connectivity index (χ3n) is 5.44. The molecule has 4 aromatic rings. The Morgan fingerprint density at radius 3 is 2.16 bits per heavy atom. The van der Waals surface area contributed by atoms with E-state index in [0.717, 1.165) is 33.3 Å². The van der Waals surface area contributed by atoms with Gasteiger partial charge in [-0.1, -0.05) is 66.4 Å². The minimum atomic E-state index is -3.70. The highest BCUT2D eigenvalue weighted by Gasteiger charge is 2.38. The van der Waals surface area contributed by atoms with Gasteiger partial charge in [0, 0.05) is 11.4 Å². The molecule has 1 N–H and O–H groups in total. The van der Waals surface area contributed by atoms with Gasteiger partial charge in [0.2, 0.25) is 10.0 Å². The maximum absolute atomic E-state index is 13.2. The van der Waals surface area contributed by atoms with Gasteiger partial charge in [-0.2, -0.15) is 0 Å². The van der Waals surface area contributed by atoms with Gasteiger partial charge in [0.25, 0.3) is 0 Å². The zero-order valence-electron chi connectivity index (χ0n) is 17.1. The lowest BCUT2D eigenvalue weighted by Gasteiger charge is -2.22. The molecule has 0 fully saturated rings. The predicted octanol–water partition coefficient (Wildman–Crippen LogP) is 5.11. The number of nitrogens with one attached hydrogen (secondary N) is 1. The van der Waals surface area contributed by atoms with E-state index in [0.29, 0.717) is 5.16 Å². The Bertz CT molecular complexity index is 1360. The third kappa shape index (κ3) is 3.73. The number of aryl methyl sites for hydroxylation is 2. The molecular weight excluding hydrogens is 426 g/mol. The number of rotatable bonds is 5. The summed E-state index contributed by atoms with van der Waals surface area (Å²) in [7, 11) is -3.70. The van der Waals surface area contributed by atoms with Crippen LogP contribution in [0.1, 0.15) is 33.8 Å². The molecule has 0 aliphatic heterocycles. The summed E-state index contributed by atoms with van der Waals surface area (Å²) in [6.45, 7) is 3.89. The molecule has 0 amide bonds. The number of sulfonamides is 1. The summed E-state index contributed by atoms with van der Waals surface area (Å²) in [5.41, 5.74) is 3.87. The van der Waals surface area contributed by atoms with Crippen LogP contribution in [-0.2, 0) is 10.0 Å². The Balaban J connectivity index is 1.61. The van der Waals surface area contributed by atoms with E-state index in [9.17, 15) is 8.42 Å². The first-order valence-corrected chi connectivity index (χ1v) is 12.4. The molecule has 0 spiro atoms. The molecule has 31 heavy (non-hydrogen) atoms. The minimum Gasteiger partial charge on any atom is -0.228 e. The molecule has 1 aliphatic rings. The van der Waals surface area contributed by atoms with Crippen molar-refractivity contribution < 1.29 is 8.42 Å². The average Bonchev–Trinajstić information content (AvgIpc) is 3.02. The molecule has 0 unspecified atom stereocenters. The summed E-state index contributed by atoms with van der Waals surface area (Å²) >= 11 is 1.50. The van der Waals surface area contributed by atoms with Crippen molar-refractivity contribution >= 4 is 32.6 Å². The Hall–Kier alpha value is -2.74. The molecule has 1 heterocycles. The van der Waals surface area contributed by atoms with Crippen molar-refractivity contribution in [2.24, 2.45) is 0 Å². The SMILES string of the molecule is Cc1cc(C)nc(S[C@@H]2c3cccc4cccc(c34)[C@@H]2NS(=O)(=O)c2ccccc2)n1. The van der Waals surface area contributed by atoms with E-state index in [1.165, 1.54) is 11.8 Å². The summed E-state index contributed by atoms with van der Waals surface area (Å²) in [4.78, 5) is 9.43. The highest BCUT2D eigenvalue weighted by Crippen LogP contribution is 2.52. The lowest BCUT2D eigenvalue weighted by molar-refractivity contribution is 0.557. The van der Waals surface area contributed by atoms with Crippen LogP contribution < -0.4 is 4.72 Å². The molecule has 0 saturated heterocycles. The molecule has 0 bridgehead atoms. The van der Waals surface area contributed by atoms with E-state index in [1.807, 2.05) is 38.1 Å². The van der Waals surface area contributed by atoms with E-state index < -0.39 is 16.1 Å². The highest BCUT2D eigenvalue weighted by molar-refractivity contribution is 7.99. The summed E-state index contributed by atoms with van der Waals surface area (Å²) in [5, 5.41) is 2.67. The maximum Gasteiger partial charge on any atom is 0.241 e. The van der Waals surface area contributed by atoms with Crippen LogP contribution in [0, 0.1) is 13.8 Å². The molecule has 3 aromatic carbocycles. The second kappa shape index (κ2) is 7.75. The van der Waals surface area contributed by atoms with Crippen LogP contribution in [0.25, 0.3) is 10.8 Å². The van der Waals surface area contributed by atoms with Crippen LogP contribution in [-0.4, -0.2) is 18.4 Å². The number of benzene rings is 3. The lowest BCUT2D eigenvalue weighted by atomic mass is 10.1. The number of thioether (sulfide) groups is 1. The molecule has 0 radical (unpaired) electrons. The van der Waals surface area contributed by atoms with Crippen LogP contribution in [0.3, 0.4) is 0 Å². The molecule has 5 nitrogen and oxygen atoms in total. The maximum atomic E-state index is 13.2. The van der Waals surface area contributed by atoms with Gasteiger partial charge in [-0.3, -0.25) is 0 Å². The summed E-state index contributed by atoms with van der Waals surface area (Å²) in [6, 6.07) is 22.2.